The fourth-order valence-corrected chi connectivity index (χ4v) is 9.64. The molecule has 0 spiro atoms. The summed E-state index contributed by atoms with van der Waals surface area (Å²) in [6.45, 7) is 0. The second-order valence-corrected chi connectivity index (χ2v) is 9.27. The van der Waals surface area contributed by atoms with Crippen molar-refractivity contribution in [3.05, 3.63) is 11.1 Å². The summed E-state index contributed by atoms with van der Waals surface area (Å²) in [5.41, 5.74) is 4.27. The first kappa shape index (κ1) is 8.12. The zero-order chi connectivity index (χ0) is 10.9. The summed E-state index contributed by atoms with van der Waals surface area (Å²) in [5, 5.41) is 0. The van der Waals surface area contributed by atoms with E-state index in [1.54, 1.807) is 25.7 Å². The van der Waals surface area contributed by atoms with Crippen LogP contribution in [0.4, 0.5) is 0 Å². The minimum atomic E-state index is 1.13. The molecule has 9 aliphatic rings. The monoisotopic (exact) mass is 236 g/mol. The minimum absolute atomic E-state index is 1.13. The number of hydrogen-bond donors (Lipinski definition) is 0. The topological polar surface area (TPSA) is 0 Å². The molecule has 0 radical (unpaired) electrons. The van der Waals surface area contributed by atoms with Crippen molar-refractivity contribution in [3.8, 4) is 0 Å². The third-order valence-corrected chi connectivity index (χ3v) is 9.65. The van der Waals surface area contributed by atoms with Gasteiger partial charge in [0.25, 0.3) is 0 Å². The lowest BCUT2D eigenvalue weighted by molar-refractivity contribution is -0.168. The van der Waals surface area contributed by atoms with Gasteiger partial charge in [-0.2, -0.15) is 0 Å². The third-order valence-electron chi connectivity index (χ3n) is 9.65. The first-order valence-corrected chi connectivity index (χ1v) is 8.66. The van der Waals surface area contributed by atoms with E-state index in [-0.39, 0.29) is 0 Å². The lowest BCUT2D eigenvalue weighted by Crippen LogP contribution is -2.60. The summed E-state index contributed by atoms with van der Waals surface area (Å²) in [4.78, 5) is 0. The Morgan fingerprint density at radius 2 is 1.56 bits per heavy atom. The standard InChI is InChI=1S/C18H20/c1-5-2-9(7(1)8-3-6(5)8)12-13-10-4-11-14(13)18-16(11)15(10)17(12)18/h5-8,10-11,13-18H,1-4H2/b12-9+. The maximum absolute atomic E-state index is 2.16. The van der Waals surface area contributed by atoms with Crippen LogP contribution in [0.3, 0.4) is 0 Å². The maximum atomic E-state index is 2.16. The molecule has 0 aliphatic heterocycles. The second-order valence-electron chi connectivity index (χ2n) is 9.27. The summed E-state index contributed by atoms with van der Waals surface area (Å²) >= 11 is 0. The molecule has 9 fully saturated rings. The molecular weight excluding hydrogens is 216 g/mol. The Hall–Kier alpha value is -0.260. The van der Waals surface area contributed by atoms with E-state index in [9.17, 15) is 0 Å². The van der Waals surface area contributed by atoms with Crippen molar-refractivity contribution >= 4 is 0 Å². The fraction of sp³-hybridized carbons (Fsp3) is 0.889. The molecule has 12 atom stereocenters. The van der Waals surface area contributed by atoms with Crippen molar-refractivity contribution in [2.45, 2.75) is 25.7 Å². The van der Waals surface area contributed by atoms with E-state index in [1.165, 1.54) is 65.1 Å². The van der Waals surface area contributed by atoms with Gasteiger partial charge >= 0.3 is 0 Å². The van der Waals surface area contributed by atoms with Crippen LogP contribution in [0.2, 0.25) is 0 Å². The number of rotatable bonds is 0. The highest BCUT2D eigenvalue weighted by molar-refractivity contribution is 5.49. The van der Waals surface area contributed by atoms with Gasteiger partial charge in [-0.05, 0) is 96.7 Å². The van der Waals surface area contributed by atoms with Gasteiger partial charge in [0, 0.05) is 0 Å². The maximum Gasteiger partial charge on any atom is -0.0129 e. The van der Waals surface area contributed by atoms with Crippen molar-refractivity contribution < 1.29 is 0 Å². The van der Waals surface area contributed by atoms with Gasteiger partial charge in [0.1, 0.15) is 0 Å². The highest BCUT2D eigenvalue weighted by Crippen LogP contribution is 2.90. The number of hydrogen-bond acceptors (Lipinski definition) is 0. The number of allylic oxidation sites excluding steroid dienone is 2. The van der Waals surface area contributed by atoms with Crippen LogP contribution in [0, 0.1) is 71.0 Å². The lowest BCUT2D eigenvalue weighted by atomic mass is 9.41. The summed E-state index contributed by atoms with van der Waals surface area (Å²) in [7, 11) is 0. The molecule has 12 unspecified atom stereocenters. The van der Waals surface area contributed by atoms with Crippen LogP contribution < -0.4 is 0 Å². The molecule has 9 rings (SSSR count). The largest absolute Gasteiger partial charge is 0.0667 e. The first-order valence-electron chi connectivity index (χ1n) is 8.66. The molecule has 92 valence electrons. The first-order chi connectivity index (χ1) is 8.93. The zero-order valence-corrected chi connectivity index (χ0v) is 10.8. The average Bonchev–Trinajstić information content (AvgIpc) is 2.51. The Labute approximate surface area is 108 Å². The quantitative estimate of drug-likeness (QED) is 0.566. The Morgan fingerprint density at radius 1 is 0.667 bits per heavy atom. The molecule has 6 bridgehead atoms. The Balaban J connectivity index is 1.39. The van der Waals surface area contributed by atoms with Gasteiger partial charge in [-0.15, -0.1) is 0 Å². The lowest BCUT2D eigenvalue weighted by Gasteiger charge is -2.63. The predicted octanol–water partition coefficient (Wildman–Crippen LogP) is 3.35. The van der Waals surface area contributed by atoms with Gasteiger partial charge in [-0.1, -0.05) is 11.1 Å². The van der Waals surface area contributed by atoms with Crippen molar-refractivity contribution in [1.82, 2.24) is 0 Å². The smallest absolute Gasteiger partial charge is 0.0129 e. The Kier molecular flexibility index (Phi) is 0.894. The molecule has 0 aromatic heterocycles. The molecule has 0 aromatic rings. The van der Waals surface area contributed by atoms with Crippen LogP contribution >= 0.6 is 0 Å². The number of fused-ring (bicyclic) bond motifs is 5. The SMILES string of the molecule is C1/C(=C2/C3C4CC5C3C3C2C4C53)C2CC1C1CC21. The highest BCUT2D eigenvalue weighted by Gasteiger charge is 2.85. The van der Waals surface area contributed by atoms with Crippen LogP contribution in [0.1, 0.15) is 25.7 Å². The molecule has 0 N–H and O–H groups in total. The van der Waals surface area contributed by atoms with E-state index < -0.39 is 0 Å². The van der Waals surface area contributed by atoms with Crippen LogP contribution in [0.15, 0.2) is 11.1 Å². The fourth-order valence-electron chi connectivity index (χ4n) is 9.64. The molecule has 0 amide bonds. The Bertz CT molecular complexity index is 567. The summed E-state index contributed by atoms with van der Waals surface area (Å²) in [6, 6.07) is 0. The van der Waals surface area contributed by atoms with Gasteiger partial charge in [-0.3, -0.25) is 0 Å². The van der Waals surface area contributed by atoms with E-state index in [0.717, 1.165) is 5.92 Å². The van der Waals surface area contributed by atoms with Crippen molar-refractivity contribution in [3.63, 3.8) is 0 Å². The molecule has 9 aliphatic carbocycles. The third kappa shape index (κ3) is 0.512. The van der Waals surface area contributed by atoms with E-state index in [1.807, 2.05) is 0 Å². The van der Waals surface area contributed by atoms with E-state index >= 15 is 0 Å². The highest BCUT2D eigenvalue weighted by atomic mass is 14.9. The summed E-state index contributed by atoms with van der Waals surface area (Å²) in [5.74, 6) is 14.5. The molecule has 0 heteroatoms. The van der Waals surface area contributed by atoms with Gasteiger partial charge in [0.05, 0.1) is 0 Å². The minimum Gasteiger partial charge on any atom is -0.0667 e. The van der Waals surface area contributed by atoms with E-state index in [2.05, 4.69) is 11.1 Å². The van der Waals surface area contributed by atoms with E-state index in [0.29, 0.717) is 0 Å². The molecule has 0 aromatic carbocycles. The summed E-state index contributed by atoms with van der Waals surface area (Å²) < 4.78 is 0. The van der Waals surface area contributed by atoms with Crippen molar-refractivity contribution in [2.75, 3.05) is 0 Å². The van der Waals surface area contributed by atoms with Crippen LogP contribution in [-0.4, -0.2) is 0 Å². The molecule has 0 saturated heterocycles. The average molecular weight is 236 g/mol. The molecule has 0 nitrogen and oxygen atoms in total. The molecular formula is C18H20. The molecule has 9 saturated carbocycles. The van der Waals surface area contributed by atoms with Crippen LogP contribution in [0.5, 0.6) is 0 Å². The van der Waals surface area contributed by atoms with Gasteiger partial charge in [0.15, 0.2) is 0 Å². The zero-order valence-electron chi connectivity index (χ0n) is 10.8. The van der Waals surface area contributed by atoms with E-state index in [4.69, 9.17) is 0 Å². The molecule has 18 heavy (non-hydrogen) atoms. The Morgan fingerprint density at radius 3 is 2.33 bits per heavy atom. The van der Waals surface area contributed by atoms with Crippen LogP contribution in [0.25, 0.3) is 0 Å². The summed E-state index contributed by atoms with van der Waals surface area (Å²) in [6.07, 6.45) is 6.52. The van der Waals surface area contributed by atoms with Gasteiger partial charge < -0.3 is 0 Å². The van der Waals surface area contributed by atoms with Crippen LogP contribution in [-0.2, 0) is 0 Å². The van der Waals surface area contributed by atoms with Gasteiger partial charge in [-0.25, -0.2) is 0 Å². The van der Waals surface area contributed by atoms with Crippen molar-refractivity contribution in [2.24, 2.45) is 71.0 Å². The molecule has 0 heterocycles. The normalized spacial score (nSPS) is 85.3. The van der Waals surface area contributed by atoms with Crippen molar-refractivity contribution in [1.29, 1.82) is 0 Å². The predicted molar refractivity (Wildman–Crippen MR) is 67.4 cm³/mol. The van der Waals surface area contributed by atoms with Gasteiger partial charge in [0.2, 0.25) is 0 Å². The second kappa shape index (κ2) is 1.98.